The molecule has 15 nitrogen and oxygen atoms in total. The predicted molar refractivity (Wildman–Crippen MR) is 217 cm³/mol. The number of benzene rings is 2. The number of nitrogens with two attached hydrogens (primary N) is 2. The van der Waals surface area contributed by atoms with E-state index in [1.54, 1.807) is 0 Å². The average Bonchev–Trinajstić information content (AvgIpc) is 3.16. The second kappa shape index (κ2) is 25.8. The number of aryl methyl sites for hydroxylation is 1. The summed E-state index contributed by atoms with van der Waals surface area (Å²) in [4.78, 5) is 44.9. The van der Waals surface area contributed by atoms with Crippen LogP contribution in [0.1, 0.15) is 89.9 Å². The van der Waals surface area contributed by atoms with Gasteiger partial charge in [0, 0.05) is 45.1 Å². The van der Waals surface area contributed by atoms with E-state index in [0.717, 1.165) is 50.2 Å². The van der Waals surface area contributed by atoms with Gasteiger partial charge in [0.2, 0.25) is 0 Å². The van der Waals surface area contributed by atoms with Gasteiger partial charge in [-0.3, -0.25) is 14.4 Å². The number of carbonyl (C=O) groups excluding carboxylic acids is 2. The quantitative estimate of drug-likeness (QED) is 0.0466. The maximum atomic E-state index is 13.0. The third-order valence-corrected chi connectivity index (χ3v) is 9.38. The molecule has 16 heteroatoms. The van der Waals surface area contributed by atoms with E-state index in [1.807, 2.05) is 41.3 Å². The highest BCUT2D eigenvalue weighted by Crippen LogP contribution is 2.18. The fraction of sp³-hybridized carbons (Fsp3) is 0.525. The zero-order valence-electron chi connectivity index (χ0n) is 32.7. The number of carboxylic acid groups (broad SMARTS) is 1. The third kappa shape index (κ3) is 17.7. The zero-order valence-corrected chi connectivity index (χ0v) is 33.4. The first-order valence-electron chi connectivity index (χ1n) is 19.0. The van der Waals surface area contributed by atoms with E-state index in [2.05, 4.69) is 46.6 Å². The number of hydrogen-bond acceptors (Lipinski definition) is 13. The highest BCUT2D eigenvalue weighted by molar-refractivity contribution is 6.31. The number of aliphatic carboxylic acids is 1. The summed E-state index contributed by atoms with van der Waals surface area (Å²) < 4.78 is 0. The number of anilines is 2. The number of amides is 1. The van der Waals surface area contributed by atoms with Crippen molar-refractivity contribution in [3.8, 4) is 0 Å². The van der Waals surface area contributed by atoms with Gasteiger partial charge in [0.25, 0.3) is 11.9 Å². The van der Waals surface area contributed by atoms with Crippen LogP contribution in [0.2, 0.25) is 5.15 Å². The minimum atomic E-state index is -1.45. The molecule has 56 heavy (non-hydrogen) atoms. The second-order valence-electron chi connectivity index (χ2n) is 13.9. The molecule has 1 amide bonds. The van der Waals surface area contributed by atoms with Crippen LogP contribution >= 0.6 is 11.6 Å². The summed E-state index contributed by atoms with van der Waals surface area (Å²) >= 11 is 5.97. The van der Waals surface area contributed by atoms with Crippen molar-refractivity contribution in [3.63, 3.8) is 0 Å². The first-order valence-corrected chi connectivity index (χ1v) is 19.3. The number of nitrogens with one attached hydrogen (secondary N) is 2. The summed E-state index contributed by atoms with van der Waals surface area (Å²) in [6, 6.07) is 15.6. The highest BCUT2D eigenvalue weighted by atomic mass is 35.5. The molecule has 0 bridgehead atoms. The number of unbranched alkanes of at least 4 members (excludes halogenated alkanes) is 3. The number of nitrogen functional groups attached to an aromatic ring is 2. The lowest BCUT2D eigenvalue weighted by molar-refractivity contribution is -0.134. The van der Waals surface area contributed by atoms with E-state index in [0.29, 0.717) is 51.1 Å². The number of Topliss-reactive ketones (excluding diaryl/α,β-unsaturated/α-hetero) is 1. The number of ketones is 1. The topological polar surface area (TPSA) is 257 Å². The Labute approximate surface area is 334 Å². The molecule has 0 aliphatic carbocycles. The van der Waals surface area contributed by atoms with E-state index in [4.69, 9.17) is 38.1 Å². The van der Waals surface area contributed by atoms with Crippen molar-refractivity contribution in [2.24, 2.45) is 5.92 Å². The van der Waals surface area contributed by atoms with Crippen LogP contribution in [0.3, 0.4) is 0 Å². The van der Waals surface area contributed by atoms with E-state index in [-0.39, 0.29) is 40.7 Å². The van der Waals surface area contributed by atoms with Crippen LogP contribution in [-0.4, -0.2) is 116 Å². The van der Waals surface area contributed by atoms with Gasteiger partial charge in [-0.1, -0.05) is 86.3 Å². The minimum absolute atomic E-state index is 0.0171. The lowest BCUT2D eigenvalue weighted by Gasteiger charge is -2.28. The van der Waals surface area contributed by atoms with Gasteiger partial charge in [0.05, 0.1) is 12.7 Å². The molecular weight excluding hydrogens is 742 g/mol. The van der Waals surface area contributed by atoms with Crippen molar-refractivity contribution in [1.29, 1.82) is 0 Å². The van der Waals surface area contributed by atoms with Gasteiger partial charge in [0.1, 0.15) is 12.2 Å². The Hall–Kier alpha value is -4.22. The van der Waals surface area contributed by atoms with Gasteiger partial charge in [-0.15, -0.1) is 0 Å². The number of carbonyl (C=O) groups is 3. The van der Waals surface area contributed by atoms with Crippen molar-refractivity contribution < 1.29 is 39.9 Å². The van der Waals surface area contributed by atoms with Crippen LogP contribution in [0, 0.1) is 12.8 Å². The van der Waals surface area contributed by atoms with Crippen molar-refractivity contribution in [2.75, 3.05) is 50.8 Å². The summed E-state index contributed by atoms with van der Waals surface area (Å²) in [5, 5.41) is 53.1. The van der Waals surface area contributed by atoms with Crippen LogP contribution < -0.4 is 22.1 Å². The van der Waals surface area contributed by atoms with Gasteiger partial charge in [-0.25, -0.2) is 9.97 Å². The maximum Gasteiger partial charge on any atom is 0.300 e. The monoisotopic (exact) mass is 801 g/mol. The molecule has 4 atom stereocenters. The second-order valence-corrected chi connectivity index (χ2v) is 14.2. The predicted octanol–water partition coefficient (Wildman–Crippen LogP) is 2.99. The van der Waals surface area contributed by atoms with Gasteiger partial charge < -0.3 is 52.5 Å². The fourth-order valence-electron chi connectivity index (χ4n) is 5.93. The summed E-state index contributed by atoms with van der Waals surface area (Å²) in [6.45, 7) is 7.53. The van der Waals surface area contributed by atoms with Crippen LogP contribution in [0.25, 0.3) is 0 Å². The molecule has 3 aromatic rings. The molecule has 0 aliphatic heterocycles. The van der Waals surface area contributed by atoms with Crippen LogP contribution in [0.15, 0.2) is 48.5 Å². The Morgan fingerprint density at radius 2 is 1.55 bits per heavy atom. The number of carboxylic acids is 1. The van der Waals surface area contributed by atoms with Gasteiger partial charge >= 0.3 is 0 Å². The van der Waals surface area contributed by atoms with Crippen molar-refractivity contribution in [2.45, 2.75) is 90.6 Å². The fourth-order valence-corrected chi connectivity index (χ4v) is 6.05. The molecule has 0 aliphatic rings. The summed E-state index contributed by atoms with van der Waals surface area (Å²) in [5.74, 6) is -1.42. The summed E-state index contributed by atoms with van der Waals surface area (Å²) in [7, 11) is 0. The first-order chi connectivity index (χ1) is 26.7. The molecule has 1 heterocycles. The third-order valence-electron chi connectivity index (χ3n) is 9.11. The van der Waals surface area contributed by atoms with Crippen LogP contribution in [0.5, 0.6) is 0 Å². The van der Waals surface area contributed by atoms with Gasteiger partial charge in [-0.05, 0) is 61.9 Å². The number of nitrogens with zero attached hydrogens (tertiary/aromatic N) is 3. The molecule has 0 spiro atoms. The number of rotatable bonds is 24. The summed E-state index contributed by atoms with van der Waals surface area (Å²) in [5.41, 5.74) is 15.4. The maximum absolute atomic E-state index is 13.0. The zero-order chi connectivity index (χ0) is 41.6. The van der Waals surface area contributed by atoms with E-state index < -0.39 is 36.8 Å². The Balaban J connectivity index is 0.00000258. The smallest absolute Gasteiger partial charge is 0.300 e. The Kier molecular flexibility index (Phi) is 22.1. The number of halogens is 1. The molecule has 310 valence electrons. The lowest BCUT2D eigenvalue weighted by atomic mass is 9.95. The van der Waals surface area contributed by atoms with Crippen molar-refractivity contribution in [3.05, 3.63) is 81.6 Å². The number of aliphatic hydroxyl groups excluding tert-OH is 4. The number of aliphatic hydroxyl groups is 4. The highest BCUT2D eigenvalue weighted by Gasteiger charge is 2.26. The van der Waals surface area contributed by atoms with E-state index >= 15 is 0 Å². The number of aromatic nitrogens is 2. The molecule has 2 aromatic carbocycles. The molecule has 0 radical (unpaired) electrons. The Morgan fingerprint density at radius 3 is 2.20 bits per heavy atom. The molecule has 0 unspecified atom stereocenters. The molecular formula is C40H60ClN7O8. The van der Waals surface area contributed by atoms with E-state index in [9.17, 15) is 24.9 Å². The van der Waals surface area contributed by atoms with Crippen LogP contribution in [-0.2, 0) is 17.8 Å². The Bertz CT molecular complexity index is 1650. The Morgan fingerprint density at radius 1 is 0.893 bits per heavy atom. The molecule has 11 N–H and O–H groups in total. The molecule has 1 aromatic heterocycles. The largest absolute Gasteiger partial charge is 0.481 e. The van der Waals surface area contributed by atoms with Crippen LogP contribution in [0.4, 0.5) is 11.6 Å². The van der Waals surface area contributed by atoms with E-state index in [1.165, 1.54) is 5.56 Å². The summed E-state index contributed by atoms with van der Waals surface area (Å²) in [6.07, 6.45) is 1.70. The van der Waals surface area contributed by atoms with Crippen molar-refractivity contribution >= 4 is 40.9 Å². The SMILES string of the molecule is CC(=O)O.CCCCCCN(CCCC(=O)c1ccc(CNC[C@@H](CNC(=O)c2nc(Cl)c(N)nc2N)Cc2ccccc2C)cc1)C[C@@H](O)[C@H](O)[C@@H](O)CO. The van der Waals surface area contributed by atoms with Gasteiger partial charge in [0.15, 0.2) is 28.3 Å². The van der Waals surface area contributed by atoms with Gasteiger partial charge in [-0.2, -0.15) is 0 Å². The normalized spacial score (nSPS) is 13.3. The molecule has 0 saturated heterocycles. The van der Waals surface area contributed by atoms with Crippen molar-refractivity contribution in [1.82, 2.24) is 25.5 Å². The standard InChI is InChI=1S/C38H56ClN7O6.C2H4O2/c1-3-4-5-8-17-46(23-31(49)34(51)32(50)24-47)18-9-12-30(48)28-15-13-26(14-16-28)20-42-21-27(19-29-11-7-6-10-25(29)2)22-43-38(52)33-36(40)45-37(41)35(39)44-33;1-2(3)4/h6-7,10-11,13-16,27,31-32,34,42,47,49-51H,3-5,8-9,12,17-24H2,1-2H3,(H,43,52)(H4,40,41,45);1H3,(H,3,4)/t27-,31+,32-,34-;/m0./s1. The first kappa shape index (κ1) is 47.9. The molecule has 0 fully saturated rings. The average molecular weight is 802 g/mol. The molecule has 0 saturated carbocycles. The molecule has 3 rings (SSSR count). The number of hydrogen-bond donors (Lipinski definition) is 9. The lowest BCUT2D eigenvalue weighted by Crippen LogP contribution is -2.46. The minimum Gasteiger partial charge on any atom is -0.481 e.